The third-order valence-corrected chi connectivity index (χ3v) is 4.28. The topological polar surface area (TPSA) is 108 Å². The van der Waals surface area contributed by atoms with Crippen LogP contribution in [0.2, 0.25) is 0 Å². The van der Waals surface area contributed by atoms with Gasteiger partial charge in [-0.05, 0) is 32.4 Å². The van der Waals surface area contributed by atoms with Crippen LogP contribution in [0.4, 0.5) is 0 Å². The van der Waals surface area contributed by atoms with Crippen molar-refractivity contribution in [2.75, 3.05) is 6.54 Å². The summed E-state index contributed by atoms with van der Waals surface area (Å²) < 4.78 is 5.54. The first kappa shape index (κ1) is 15.4. The van der Waals surface area contributed by atoms with Crippen LogP contribution in [0.1, 0.15) is 33.3 Å². The summed E-state index contributed by atoms with van der Waals surface area (Å²) in [6.07, 6.45) is 0.484. The van der Waals surface area contributed by atoms with Crippen LogP contribution in [-0.4, -0.2) is 37.5 Å². The highest BCUT2D eigenvalue weighted by atomic mass is 16.3. The summed E-state index contributed by atoms with van der Waals surface area (Å²) in [5, 5.41) is 6.93. The average molecular weight is 339 g/mol. The minimum Gasteiger partial charge on any atom is -0.460 e. The zero-order chi connectivity index (χ0) is 17.6. The molecule has 4 rings (SSSR count). The van der Waals surface area contributed by atoms with E-state index in [1.807, 2.05) is 19.1 Å². The van der Waals surface area contributed by atoms with Crippen molar-refractivity contribution in [1.29, 1.82) is 0 Å². The van der Waals surface area contributed by atoms with E-state index < -0.39 is 0 Å². The minimum atomic E-state index is -0.198. The number of fused-ring (bicyclic) bond motifs is 1. The van der Waals surface area contributed by atoms with Crippen molar-refractivity contribution >= 4 is 5.91 Å². The molecule has 3 aromatic rings. The normalized spacial score (nSPS) is 13.8. The Hall–Kier alpha value is -3.16. The molecule has 0 atom stereocenters. The fourth-order valence-electron chi connectivity index (χ4n) is 3.04. The van der Waals surface area contributed by atoms with E-state index in [-0.39, 0.29) is 11.5 Å². The average Bonchev–Trinajstić information content (AvgIpc) is 3.22. The number of H-pyrrole nitrogens is 2. The molecule has 2 N–H and O–H groups in total. The molecule has 0 spiro atoms. The number of hydrogen-bond acceptors (Lipinski definition) is 5. The molecule has 0 radical (unpaired) electrons. The Labute approximate surface area is 142 Å². The maximum absolute atomic E-state index is 12.7. The lowest BCUT2D eigenvalue weighted by Crippen LogP contribution is -2.39. The van der Waals surface area contributed by atoms with Gasteiger partial charge in [0.25, 0.3) is 11.5 Å². The predicted molar refractivity (Wildman–Crippen MR) is 89.1 cm³/mol. The van der Waals surface area contributed by atoms with Crippen molar-refractivity contribution in [2.45, 2.75) is 26.8 Å². The second-order valence-corrected chi connectivity index (χ2v) is 6.13. The molecular weight excluding hydrogens is 322 g/mol. The van der Waals surface area contributed by atoms with E-state index in [1.165, 1.54) is 0 Å². The lowest BCUT2D eigenvalue weighted by atomic mass is 10.1. The molecule has 25 heavy (non-hydrogen) atoms. The molecule has 0 aliphatic carbocycles. The summed E-state index contributed by atoms with van der Waals surface area (Å²) in [6.45, 7) is 4.35. The van der Waals surface area contributed by atoms with Crippen LogP contribution in [0, 0.1) is 13.8 Å². The molecule has 0 fully saturated rings. The number of aryl methyl sites for hydroxylation is 2. The van der Waals surface area contributed by atoms with Crippen LogP contribution in [0.3, 0.4) is 0 Å². The fourth-order valence-corrected chi connectivity index (χ4v) is 3.04. The van der Waals surface area contributed by atoms with E-state index in [0.29, 0.717) is 53.7 Å². The molecule has 8 heteroatoms. The monoisotopic (exact) mass is 339 g/mol. The standard InChI is InChI=1S/C17H17N5O3/c1-9-3-4-15(25-9)12-7-13(21-20-12)17(24)22-6-5-11-14(8-22)18-10(2)19-16(11)23/h3-4,7H,5-6,8H2,1-2H3,(H,20,21)(H,18,19,23). The molecule has 1 aliphatic rings. The number of nitrogens with zero attached hydrogens (tertiary/aromatic N) is 3. The SMILES string of the molecule is Cc1nc2c(c(=O)[nH]1)CCN(C(=O)c1cc(-c3ccc(C)o3)[nH]n1)C2. The Balaban J connectivity index is 1.58. The van der Waals surface area contributed by atoms with Crippen LogP contribution < -0.4 is 5.56 Å². The quantitative estimate of drug-likeness (QED) is 0.737. The summed E-state index contributed by atoms with van der Waals surface area (Å²) >= 11 is 0. The number of carbonyl (C=O) groups is 1. The predicted octanol–water partition coefficient (Wildman–Crippen LogP) is 1.57. The van der Waals surface area contributed by atoms with Crippen molar-refractivity contribution in [1.82, 2.24) is 25.1 Å². The van der Waals surface area contributed by atoms with E-state index in [2.05, 4.69) is 20.2 Å². The second kappa shape index (κ2) is 5.73. The molecule has 128 valence electrons. The number of amides is 1. The molecule has 3 aromatic heterocycles. The van der Waals surface area contributed by atoms with Gasteiger partial charge in [0.1, 0.15) is 17.3 Å². The smallest absolute Gasteiger partial charge is 0.274 e. The Morgan fingerprint density at radius 1 is 1.32 bits per heavy atom. The van der Waals surface area contributed by atoms with Gasteiger partial charge in [0.15, 0.2) is 11.5 Å². The van der Waals surface area contributed by atoms with Gasteiger partial charge in [0.05, 0.1) is 12.2 Å². The van der Waals surface area contributed by atoms with Crippen LogP contribution in [0.25, 0.3) is 11.5 Å². The summed E-state index contributed by atoms with van der Waals surface area (Å²) in [5.74, 6) is 1.78. The van der Waals surface area contributed by atoms with Crippen LogP contribution in [0.5, 0.6) is 0 Å². The number of hydrogen-bond donors (Lipinski definition) is 2. The third-order valence-electron chi connectivity index (χ3n) is 4.28. The highest BCUT2D eigenvalue weighted by molar-refractivity contribution is 5.93. The van der Waals surface area contributed by atoms with Crippen molar-refractivity contribution in [3.05, 3.63) is 57.1 Å². The Bertz CT molecular complexity index is 1010. The first-order chi connectivity index (χ1) is 12.0. The van der Waals surface area contributed by atoms with Gasteiger partial charge >= 0.3 is 0 Å². The number of rotatable bonds is 2. The highest BCUT2D eigenvalue weighted by Crippen LogP contribution is 2.22. The van der Waals surface area contributed by atoms with Crippen molar-refractivity contribution in [2.24, 2.45) is 0 Å². The molecule has 0 saturated carbocycles. The summed E-state index contributed by atoms with van der Waals surface area (Å²) in [6, 6.07) is 5.35. The fraction of sp³-hybridized carbons (Fsp3) is 0.294. The zero-order valence-electron chi connectivity index (χ0n) is 13.9. The van der Waals surface area contributed by atoms with Crippen molar-refractivity contribution in [3.63, 3.8) is 0 Å². The zero-order valence-corrected chi connectivity index (χ0v) is 13.9. The van der Waals surface area contributed by atoms with Gasteiger partial charge in [-0.3, -0.25) is 14.7 Å². The number of carbonyl (C=O) groups excluding carboxylic acids is 1. The molecular formula is C17H17N5O3. The maximum atomic E-state index is 12.7. The number of aromatic nitrogens is 4. The van der Waals surface area contributed by atoms with Crippen LogP contribution in [0.15, 0.2) is 27.4 Å². The lowest BCUT2D eigenvalue weighted by Gasteiger charge is -2.27. The van der Waals surface area contributed by atoms with Gasteiger partial charge in [0.2, 0.25) is 0 Å². The van der Waals surface area contributed by atoms with Gasteiger partial charge in [-0.15, -0.1) is 0 Å². The summed E-state index contributed by atoms with van der Waals surface area (Å²) in [4.78, 5) is 33.4. The molecule has 8 nitrogen and oxygen atoms in total. The minimum absolute atomic E-state index is 0.121. The van der Waals surface area contributed by atoms with Gasteiger partial charge in [0, 0.05) is 18.2 Å². The van der Waals surface area contributed by atoms with E-state index in [1.54, 1.807) is 17.9 Å². The van der Waals surface area contributed by atoms with Gasteiger partial charge in [-0.1, -0.05) is 0 Å². The van der Waals surface area contributed by atoms with Crippen LogP contribution in [-0.2, 0) is 13.0 Å². The van der Waals surface area contributed by atoms with Crippen molar-refractivity contribution < 1.29 is 9.21 Å². The van der Waals surface area contributed by atoms with E-state index in [4.69, 9.17) is 4.42 Å². The second-order valence-electron chi connectivity index (χ2n) is 6.13. The number of aromatic amines is 2. The Kier molecular flexibility index (Phi) is 3.52. The van der Waals surface area contributed by atoms with E-state index in [9.17, 15) is 9.59 Å². The number of furan rings is 1. The molecule has 1 amide bonds. The molecule has 0 saturated heterocycles. The van der Waals surface area contributed by atoms with Crippen molar-refractivity contribution in [3.8, 4) is 11.5 Å². The molecule has 0 unspecified atom stereocenters. The third kappa shape index (κ3) is 2.75. The van der Waals surface area contributed by atoms with E-state index in [0.717, 1.165) is 5.76 Å². The molecule has 0 bridgehead atoms. The van der Waals surface area contributed by atoms with Crippen LogP contribution >= 0.6 is 0 Å². The molecule has 4 heterocycles. The summed E-state index contributed by atoms with van der Waals surface area (Å²) in [5.41, 5.74) is 2.15. The largest absolute Gasteiger partial charge is 0.460 e. The molecule has 1 aliphatic heterocycles. The summed E-state index contributed by atoms with van der Waals surface area (Å²) in [7, 11) is 0. The highest BCUT2D eigenvalue weighted by Gasteiger charge is 2.26. The van der Waals surface area contributed by atoms with Gasteiger partial charge in [-0.25, -0.2) is 4.98 Å². The van der Waals surface area contributed by atoms with Gasteiger partial charge < -0.3 is 14.3 Å². The Morgan fingerprint density at radius 2 is 2.16 bits per heavy atom. The Morgan fingerprint density at radius 3 is 2.92 bits per heavy atom. The first-order valence-electron chi connectivity index (χ1n) is 8.01. The number of nitrogens with one attached hydrogen (secondary N) is 2. The molecule has 0 aromatic carbocycles. The van der Waals surface area contributed by atoms with E-state index >= 15 is 0 Å². The lowest BCUT2D eigenvalue weighted by molar-refractivity contribution is 0.0725. The maximum Gasteiger partial charge on any atom is 0.274 e. The van der Waals surface area contributed by atoms with Gasteiger partial charge in [-0.2, -0.15) is 5.10 Å². The first-order valence-corrected chi connectivity index (χ1v) is 8.01.